The fourth-order valence-electron chi connectivity index (χ4n) is 2.67. The molecule has 2 heterocycles. The maximum Gasteiger partial charge on any atom is 0.292 e. The lowest BCUT2D eigenvalue weighted by atomic mass is 10.2. The summed E-state index contributed by atoms with van der Waals surface area (Å²) in [5, 5.41) is 18.6. The molecular weight excluding hydrogens is 310 g/mol. The summed E-state index contributed by atoms with van der Waals surface area (Å²) in [5.74, 6) is 0. The fourth-order valence-corrected chi connectivity index (χ4v) is 2.67. The average molecular weight is 331 g/mol. The highest BCUT2D eigenvalue weighted by Crippen LogP contribution is 2.28. The van der Waals surface area contributed by atoms with Gasteiger partial charge in [0.25, 0.3) is 5.69 Å². The van der Waals surface area contributed by atoms with Crippen molar-refractivity contribution in [2.45, 2.75) is 13.5 Å². The summed E-state index contributed by atoms with van der Waals surface area (Å²) in [5.41, 5.74) is 2.13. The maximum absolute atomic E-state index is 11.2. The van der Waals surface area contributed by atoms with Gasteiger partial charge in [0.2, 0.25) is 0 Å². The molecule has 0 saturated carbocycles. The van der Waals surface area contributed by atoms with Crippen molar-refractivity contribution in [2.75, 3.05) is 38.2 Å². The van der Waals surface area contributed by atoms with E-state index in [1.807, 2.05) is 23.9 Å². The molecule has 0 spiro atoms. The summed E-state index contributed by atoms with van der Waals surface area (Å²) in [6.45, 7) is 6.98. The molecule has 0 unspecified atom stereocenters. The van der Waals surface area contributed by atoms with Crippen LogP contribution in [0.2, 0.25) is 0 Å². The number of hydrogen-bond acceptors (Lipinski definition) is 6. The quantitative estimate of drug-likeness (QED) is 0.645. The summed E-state index contributed by atoms with van der Waals surface area (Å²) in [7, 11) is 0. The zero-order valence-corrected chi connectivity index (χ0v) is 13.6. The van der Waals surface area contributed by atoms with Crippen LogP contribution in [0.5, 0.6) is 0 Å². The zero-order valence-electron chi connectivity index (χ0n) is 13.6. The van der Waals surface area contributed by atoms with Crippen LogP contribution in [-0.2, 0) is 11.3 Å². The van der Waals surface area contributed by atoms with Crippen molar-refractivity contribution in [1.29, 1.82) is 0 Å². The number of nitrogens with zero attached hydrogens (tertiary/aromatic N) is 4. The van der Waals surface area contributed by atoms with Gasteiger partial charge in [-0.25, -0.2) is 0 Å². The van der Waals surface area contributed by atoms with Gasteiger partial charge < -0.3 is 10.1 Å². The van der Waals surface area contributed by atoms with Gasteiger partial charge in [0.15, 0.2) is 0 Å². The maximum atomic E-state index is 11.2. The van der Waals surface area contributed by atoms with E-state index in [0.717, 1.165) is 50.6 Å². The highest BCUT2D eigenvalue weighted by Gasteiger charge is 2.15. The first kappa shape index (κ1) is 16.4. The molecular formula is C16H21N5O3. The first-order valence-electron chi connectivity index (χ1n) is 7.96. The molecule has 1 aromatic heterocycles. The Morgan fingerprint density at radius 2 is 2.12 bits per heavy atom. The van der Waals surface area contributed by atoms with E-state index >= 15 is 0 Å². The Morgan fingerprint density at radius 3 is 2.88 bits per heavy atom. The number of hydrogen-bond donors (Lipinski definition) is 1. The summed E-state index contributed by atoms with van der Waals surface area (Å²) in [6, 6.07) is 5.13. The number of ether oxygens (including phenoxy) is 1. The van der Waals surface area contributed by atoms with Crippen molar-refractivity contribution >= 4 is 17.1 Å². The van der Waals surface area contributed by atoms with Gasteiger partial charge in [0.05, 0.1) is 36.6 Å². The fraction of sp³-hybridized carbons (Fsp3) is 0.438. The number of aromatic nitrogens is 2. The van der Waals surface area contributed by atoms with Crippen molar-refractivity contribution in [3.63, 3.8) is 0 Å². The van der Waals surface area contributed by atoms with Crippen molar-refractivity contribution in [3.8, 4) is 0 Å². The van der Waals surface area contributed by atoms with Crippen LogP contribution in [0.25, 0.3) is 0 Å². The number of nitro benzene ring substituents is 1. The lowest BCUT2D eigenvalue weighted by Crippen LogP contribution is -2.38. The number of benzene rings is 1. The van der Waals surface area contributed by atoms with Gasteiger partial charge >= 0.3 is 0 Å². The highest BCUT2D eigenvalue weighted by atomic mass is 16.6. The molecule has 1 saturated heterocycles. The number of rotatable bonds is 6. The van der Waals surface area contributed by atoms with E-state index in [9.17, 15) is 10.1 Å². The minimum atomic E-state index is -0.377. The normalized spacial score (nSPS) is 15.4. The number of morpholine rings is 1. The molecule has 8 nitrogen and oxygen atoms in total. The number of anilines is 2. The molecule has 0 atom stereocenters. The minimum absolute atomic E-state index is 0.0658. The monoisotopic (exact) mass is 331 g/mol. The predicted molar refractivity (Wildman–Crippen MR) is 90.6 cm³/mol. The van der Waals surface area contributed by atoms with Gasteiger partial charge in [0.1, 0.15) is 5.69 Å². The molecule has 1 aromatic carbocycles. The second-order valence-electron chi connectivity index (χ2n) is 5.85. The van der Waals surface area contributed by atoms with Crippen molar-refractivity contribution in [1.82, 2.24) is 14.7 Å². The summed E-state index contributed by atoms with van der Waals surface area (Å²) in [4.78, 5) is 13.1. The van der Waals surface area contributed by atoms with E-state index < -0.39 is 0 Å². The van der Waals surface area contributed by atoms with Crippen LogP contribution in [0, 0.1) is 17.0 Å². The molecule has 0 bridgehead atoms. The van der Waals surface area contributed by atoms with Crippen LogP contribution >= 0.6 is 0 Å². The molecule has 1 aliphatic heterocycles. The molecule has 128 valence electrons. The van der Waals surface area contributed by atoms with E-state index in [-0.39, 0.29) is 10.6 Å². The third kappa shape index (κ3) is 4.09. The smallest absolute Gasteiger partial charge is 0.292 e. The molecule has 0 aliphatic carbocycles. The van der Waals surface area contributed by atoms with E-state index in [4.69, 9.17) is 4.74 Å². The molecule has 8 heteroatoms. The first-order chi connectivity index (χ1) is 11.6. The highest BCUT2D eigenvalue weighted by molar-refractivity contribution is 5.69. The second kappa shape index (κ2) is 7.41. The summed E-state index contributed by atoms with van der Waals surface area (Å²) in [6.07, 6.45) is 3.55. The average Bonchev–Trinajstić information content (AvgIpc) is 3.03. The van der Waals surface area contributed by atoms with Crippen LogP contribution < -0.4 is 5.32 Å². The van der Waals surface area contributed by atoms with E-state index in [1.165, 1.54) is 0 Å². The Balaban J connectivity index is 1.62. The number of aryl methyl sites for hydroxylation is 1. The predicted octanol–water partition coefficient (Wildman–Crippen LogP) is 2.18. The molecule has 1 aliphatic rings. The van der Waals surface area contributed by atoms with Gasteiger partial charge in [-0.2, -0.15) is 5.10 Å². The number of nitrogens with one attached hydrogen (secondary N) is 1. The lowest BCUT2D eigenvalue weighted by molar-refractivity contribution is -0.384. The van der Waals surface area contributed by atoms with Crippen LogP contribution in [0.4, 0.5) is 17.1 Å². The van der Waals surface area contributed by atoms with Gasteiger partial charge in [-0.15, -0.1) is 0 Å². The molecule has 0 amide bonds. The van der Waals surface area contributed by atoms with E-state index in [0.29, 0.717) is 5.69 Å². The lowest BCUT2D eigenvalue weighted by Gasteiger charge is -2.26. The Hall–Kier alpha value is -2.45. The second-order valence-corrected chi connectivity index (χ2v) is 5.85. The Kier molecular flexibility index (Phi) is 5.07. The third-order valence-electron chi connectivity index (χ3n) is 4.01. The van der Waals surface area contributed by atoms with E-state index in [2.05, 4.69) is 15.3 Å². The van der Waals surface area contributed by atoms with Crippen molar-refractivity contribution in [2.24, 2.45) is 0 Å². The number of nitro groups is 1. The first-order valence-corrected chi connectivity index (χ1v) is 7.96. The van der Waals surface area contributed by atoms with Gasteiger partial charge in [-0.3, -0.25) is 19.7 Å². The Bertz CT molecular complexity index is 709. The molecule has 24 heavy (non-hydrogen) atoms. The van der Waals surface area contributed by atoms with E-state index in [1.54, 1.807) is 18.3 Å². The zero-order chi connectivity index (χ0) is 16.9. The minimum Gasteiger partial charge on any atom is -0.379 e. The molecule has 1 fully saturated rings. The van der Waals surface area contributed by atoms with Crippen LogP contribution in [0.15, 0.2) is 30.6 Å². The van der Waals surface area contributed by atoms with Crippen molar-refractivity contribution in [3.05, 3.63) is 46.3 Å². The molecule has 1 N–H and O–H groups in total. The van der Waals surface area contributed by atoms with Gasteiger partial charge in [0, 0.05) is 31.9 Å². The third-order valence-corrected chi connectivity index (χ3v) is 4.01. The topological polar surface area (TPSA) is 85.5 Å². The van der Waals surface area contributed by atoms with Gasteiger partial charge in [-0.1, -0.05) is 6.07 Å². The van der Waals surface area contributed by atoms with Crippen molar-refractivity contribution < 1.29 is 9.66 Å². The summed E-state index contributed by atoms with van der Waals surface area (Å²) < 4.78 is 7.18. The largest absolute Gasteiger partial charge is 0.379 e. The van der Waals surface area contributed by atoms with Gasteiger partial charge in [-0.05, 0) is 18.6 Å². The molecule has 0 radical (unpaired) electrons. The molecule has 3 rings (SSSR count). The van der Waals surface area contributed by atoms with Crippen LogP contribution in [0.1, 0.15) is 5.56 Å². The SMILES string of the molecule is Cc1ccc(Nc2cnn(CCN3CCOCC3)c2)c([N+](=O)[O-])c1. The summed E-state index contributed by atoms with van der Waals surface area (Å²) >= 11 is 0. The molecule has 2 aromatic rings. The standard InChI is InChI=1S/C16H21N5O3/c1-13-2-3-15(16(10-13)21(22)23)18-14-11-17-20(12-14)5-4-19-6-8-24-9-7-19/h2-3,10-12,18H,4-9H2,1H3. The Labute approximate surface area is 140 Å². The van der Waals surface area contributed by atoms with Crippen LogP contribution in [-0.4, -0.2) is 52.5 Å². The van der Waals surface area contributed by atoms with Crippen LogP contribution in [0.3, 0.4) is 0 Å². The Morgan fingerprint density at radius 1 is 1.33 bits per heavy atom.